The van der Waals surface area contributed by atoms with Crippen molar-refractivity contribution < 1.29 is 14.6 Å². The zero-order chi connectivity index (χ0) is 12.1. The van der Waals surface area contributed by atoms with Crippen LogP contribution in [0.25, 0.3) is 0 Å². The summed E-state index contributed by atoms with van der Waals surface area (Å²) in [5.41, 5.74) is -0.469. The Balaban J connectivity index is 4.28. The van der Waals surface area contributed by atoms with Crippen LogP contribution in [-0.2, 0) is 4.74 Å². The molecule has 0 fully saturated rings. The maximum absolute atomic E-state index is 11.7. The van der Waals surface area contributed by atoms with Crippen LogP contribution in [-0.4, -0.2) is 41.4 Å². The molecule has 4 nitrogen and oxygen atoms in total. The fourth-order valence-corrected chi connectivity index (χ4v) is 1.30. The van der Waals surface area contributed by atoms with E-state index < -0.39 is 5.60 Å². The van der Waals surface area contributed by atoms with Crippen molar-refractivity contribution in [1.82, 2.24) is 4.90 Å². The zero-order valence-electron chi connectivity index (χ0n) is 10.4. The molecule has 0 heterocycles. The Morgan fingerprint density at radius 2 is 2.00 bits per heavy atom. The van der Waals surface area contributed by atoms with Crippen LogP contribution in [0.4, 0.5) is 4.79 Å². The summed E-state index contributed by atoms with van der Waals surface area (Å²) in [6, 6.07) is 0.0462. The van der Waals surface area contributed by atoms with E-state index in [1.807, 2.05) is 27.7 Å². The summed E-state index contributed by atoms with van der Waals surface area (Å²) < 4.78 is 5.23. The summed E-state index contributed by atoms with van der Waals surface area (Å²) in [5, 5.41) is 8.85. The van der Waals surface area contributed by atoms with Gasteiger partial charge in [0, 0.05) is 19.7 Å². The normalized spacial score (nSPS) is 13.5. The molecule has 0 spiro atoms. The molecular formula is C11H23NO3. The number of carbonyl (C=O) groups excluding carboxylic acids is 1. The minimum atomic E-state index is -0.469. The summed E-state index contributed by atoms with van der Waals surface area (Å²) in [5.74, 6) is 0. The van der Waals surface area contributed by atoms with Gasteiger partial charge < -0.3 is 14.7 Å². The lowest BCUT2D eigenvalue weighted by atomic mass is 10.1. The molecule has 90 valence electrons. The molecule has 0 unspecified atom stereocenters. The van der Waals surface area contributed by atoms with Gasteiger partial charge in [-0.2, -0.15) is 0 Å². The molecule has 0 aromatic rings. The van der Waals surface area contributed by atoms with Crippen LogP contribution in [0, 0.1) is 0 Å². The highest BCUT2D eigenvalue weighted by Gasteiger charge is 2.23. The Bertz CT molecular complexity index is 198. The number of ether oxygens (including phenoxy) is 1. The van der Waals surface area contributed by atoms with E-state index in [0.29, 0.717) is 6.42 Å². The predicted octanol–water partition coefficient (Wildman–Crippen LogP) is 2.01. The van der Waals surface area contributed by atoms with E-state index in [1.54, 1.807) is 11.9 Å². The number of hydrogen-bond acceptors (Lipinski definition) is 3. The minimum absolute atomic E-state index is 0.0462. The van der Waals surface area contributed by atoms with Gasteiger partial charge in [0.05, 0.1) is 0 Å². The number of carbonyl (C=O) groups is 1. The van der Waals surface area contributed by atoms with Crippen molar-refractivity contribution in [2.24, 2.45) is 0 Å². The lowest BCUT2D eigenvalue weighted by Gasteiger charge is -2.29. The Kier molecular flexibility index (Phi) is 5.65. The highest BCUT2D eigenvalue weighted by Crippen LogP contribution is 2.13. The highest BCUT2D eigenvalue weighted by molar-refractivity contribution is 5.68. The number of amides is 1. The van der Waals surface area contributed by atoms with Gasteiger partial charge in [0.2, 0.25) is 0 Å². The van der Waals surface area contributed by atoms with Crippen molar-refractivity contribution in [3.63, 3.8) is 0 Å². The molecule has 0 saturated carbocycles. The second-order valence-corrected chi connectivity index (χ2v) is 4.67. The van der Waals surface area contributed by atoms with E-state index in [0.717, 1.165) is 6.42 Å². The standard InChI is InChI=1S/C11H23NO3/c1-6-9(7-8-13)12(5)10(14)15-11(2,3)4/h9,13H,6-8H2,1-5H3/t9-/m1/s1. The number of aliphatic hydroxyl groups excluding tert-OH is 1. The molecule has 1 N–H and O–H groups in total. The summed E-state index contributed by atoms with van der Waals surface area (Å²) in [6.07, 6.45) is 1.07. The molecule has 0 bridgehead atoms. The number of rotatable bonds is 4. The fraction of sp³-hybridized carbons (Fsp3) is 0.909. The first kappa shape index (κ1) is 14.2. The van der Waals surface area contributed by atoms with Gasteiger partial charge in [-0.1, -0.05) is 6.92 Å². The van der Waals surface area contributed by atoms with Crippen molar-refractivity contribution in [2.75, 3.05) is 13.7 Å². The molecule has 0 aromatic heterocycles. The van der Waals surface area contributed by atoms with Crippen LogP contribution >= 0.6 is 0 Å². The van der Waals surface area contributed by atoms with Crippen molar-refractivity contribution in [3.05, 3.63) is 0 Å². The van der Waals surface area contributed by atoms with Crippen molar-refractivity contribution in [3.8, 4) is 0 Å². The summed E-state index contributed by atoms with van der Waals surface area (Å²) in [6.45, 7) is 7.59. The Labute approximate surface area is 92.2 Å². The van der Waals surface area contributed by atoms with Gasteiger partial charge in [0.1, 0.15) is 5.60 Å². The monoisotopic (exact) mass is 217 g/mol. The zero-order valence-corrected chi connectivity index (χ0v) is 10.4. The average molecular weight is 217 g/mol. The van der Waals surface area contributed by atoms with E-state index in [-0.39, 0.29) is 18.7 Å². The maximum atomic E-state index is 11.7. The van der Waals surface area contributed by atoms with Gasteiger partial charge in [-0.3, -0.25) is 0 Å². The lowest BCUT2D eigenvalue weighted by molar-refractivity contribution is 0.0197. The van der Waals surface area contributed by atoms with E-state index in [2.05, 4.69) is 0 Å². The second-order valence-electron chi connectivity index (χ2n) is 4.67. The van der Waals surface area contributed by atoms with Gasteiger partial charge >= 0.3 is 6.09 Å². The van der Waals surface area contributed by atoms with Gasteiger partial charge in [-0.15, -0.1) is 0 Å². The Hall–Kier alpha value is -0.770. The molecule has 15 heavy (non-hydrogen) atoms. The Morgan fingerprint density at radius 1 is 1.47 bits per heavy atom. The minimum Gasteiger partial charge on any atom is -0.444 e. The molecule has 0 aliphatic heterocycles. The maximum Gasteiger partial charge on any atom is 0.410 e. The largest absolute Gasteiger partial charge is 0.444 e. The average Bonchev–Trinajstić information content (AvgIpc) is 2.10. The third-order valence-corrected chi connectivity index (χ3v) is 2.16. The van der Waals surface area contributed by atoms with Crippen molar-refractivity contribution >= 4 is 6.09 Å². The Morgan fingerprint density at radius 3 is 2.33 bits per heavy atom. The first-order chi connectivity index (χ1) is 6.81. The third-order valence-electron chi connectivity index (χ3n) is 2.16. The van der Waals surface area contributed by atoms with Crippen molar-refractivity contribution in [2.45, 2.75) is 52.2 Å². The predicted molar refractivity (Wildman–Crippen MR) is 59.8 cm³/mol. The molecule has 0 rings (SSSR count). The molecule has 0 saturated heterocycles. The molecule has 0 aromatic carbocycles. The second kappa shape index (κ2) is 5.95. The molecule has 1 amide bonds. The first-order valence-electron chi connectivity index (χ1n) is 5.38. The van der Waals surface area contributed by atoms with Gasteiger partial charge in [-0.25, -0.2) is 4.79 Å². The van der Waals surface area contributed by atoms with E-state index in [1.165, 1.54) is 0 Å². The summed E-state index contributed by atoms with van der Waals surface area (Å²) >= 11 is 0. The van der Waals surface area contributed by atoms with E-state index in [9.17, 15) is 4.79 Å². The van der Waals surface area contributed by atoms with Crippen LogP contribution in [0.5, 0.6) is 0 Å². The molecule has 4 heteroatoms. The van der Waals surface area contributed by atoms with Crippen LogP contribution < -0.4 is 0 Å². The molecule has 0 aliphatic rings. The molecule has 0 aliphatic carbocycles. The summed E-state index contributed by atoms with van der Waals surface area (Å²) in [4.78, 5) is 13.2. The quantitative estimate of drug-likeness (QED) is 0.783. The van der Waals surface area contributed by atoms with E-state index >= 15 is 0 Å². The molecule has 0 radical (unpaired) electrons. The fourth-order valence-electron chi connectivity index (χ4n) is 1.30. The molecule has 1 atom stereocenters. The highest BCUT2D eigenvalue weighted by atomic mass is 16.6. The number of aliphatic hydroxyl groups is 1. The van der Waals surface area contributed by atoms with Crippen LogP contribution in [0.15, 0.2) is 0 Å². The number of nitrogens with zero attached hydrogens (tertiary/aromatic N) is 1. The molecular weight excluding hydrogens is 194 g/mol. The first-order valence-corrected chi connectivity index (χ1v) is 5.38. The smallest absolute Gasteiger partial charge is 0.410 e. The van der Waals surface area contributed by atoms with Crippen molar-refractivity contribution in [1.29, 1.82) is 0 Å². The number of hydrogen-bond donors (Lipinski definition) is 1. The lowest BCUT2D eigenvalue weighted by Crippen LogP contribution is -2.40. The van der Waals surface area contributed by atoms with Crippen LogP contribution in [0.2, 0.25) is 0 Å². The van der Waals surface area contributed by atoms with Gasteiger partial charge in [-0.05, 0) is 33.6 Å². The SMILES string of the molecule is CC[C@H](CCO)N(C)C(=O)OC(C)(C)C. The van der Waals surface area contributed by atoms with Gasteiger partial charge in [0.15, 0.2) is 0 Å². The topological polar surface area (TPSA) is 49.8 Å². The van der Waals surface area contributed by atoms with Gasteiger partial charge in [0.25, 0.3) is 0 Å². The van der Waals surface area contributed by atoms with E-state index in [4.69, 9.17) is 9.84 Å². The third kappa shape index (κ3) is 5.62. The van der Waals surface area contributed by atoms with Crippen LogP contribution in [0.3, 0.4) is 0 Å². The van der Waals surface area contributed by atoms with Crippen LogP contribution in [0.1, 0.15) is 40.5 Å². The summed E-state index contributed by atoms with van der Waals surface area (Å²) in [7, 11) is 1.71.